The van der Waals surface area contributed by atoms with Crippen LogP contribution in [0.5, 0.6) is 0 Å². The average molecular weight is 389 g/mol. The molecule has 0 spiro atoms. The zero-order valence-electron chi connectivity index (χ0n) is 15.4. The molecule has 4 nitrogen and oxygen atoms in total. The fourth-order valence-electron chi connectivity index (χ4n) is 3.27. The molecule has 1 N–H and O–H groups in total. The van der Waals surface area contributed by atoms with Gasteiger partial charge >= 0.3 is 0 Å². The molecule has 6 heteroatoms. The fraction of sp³-hybridized carbons (Fsp3) is 0.333. The summed E-state index contributed by atoms with van der Waals surface area (Å²) in [7, 11) is 0. The van der Waals surface area contributed by atoms with E-state index in [0.29, 0.717) is 25.9 Å². The summed E-state index contributed by atoms with van der Waals surface area (Å²) in [6, 6.07) is 10.0. The third-order valence-corrected chi connectivity index (χ3v) is 5.42. The summed E-state index contributed by atoms with van der Waals surface area (Å²) in [6.07, 6.45) is 1.07. The molecule has 142 valence electrons. The molecule has 0 unspecified atom stereocenters. The summed E-state index contributed by atoms with van der Waals surface area (Å²) in [6.45, 7) is 4.82. The van der Waals surface area contributed by atoms with Gasteiger partial charge in [0.05, 0.1) is 10.6 Å². The van der Waals surface area contributed by atoms with Crippen LogP contribution in [0.3, 0.4) is 0 Å². The smallest absolute Gasteiger partial charge is 0.258 e. The van der Waals surface area contributed by atoms with Gasteiger partial charge in [-0.1, -0.05) is 23.7 Å². The van der Waals surface area contributed by atoms with Crippen molar-refractivity contribution >= 4 is 29.1 Å². The van der Waals surface area contributed by atoms with Crippen molar-refractivity contribution in [2.45, 2.75) is 26.7 Å². The first kappa shape index (κ1) is 19.4. The number of hydrogen-bond acceptors (Lipinski definition) is 2. The molecule has 0 aromatic heterocycles. The van der Waals surface area contributed by atoms with Crippen LogP contribution in [-0.4, -0.2) is 29.8 Å². The molecule has 1 fully saturated rings. The summed E-state index contributed by atoms with van der Waals surface area (Å²) >= 11 is 5.99. The van der Waals surface area contributed by atoms with Crippen LogP contribution in [0, 0.1) is 25.6 Å². The van der Waals surface area contributed by atoms with Crippen LogP contribution >= 0.6 is 11.6 Å². The first-order chi connectivity index (χ1) is 12.9. The molecule has 3 rings (SSSR count). The van der Waals surface area contributed by atoms with Crippen LogP contribution < -0.4 is 5.32 Å². The van der Waals surface area contributed by atoms with Crippen LogP contribution in [0.1, 0.15) is 34.3 Å². The van der Waals surface area contributed by atoms with Gasteiger partial charge in [-0.05, 0) is 62.1 Å². The van der Waals surface area contributed by atoms with Crippen LogP contribution in [0.25, 0.3) is 0 Å². The lowest BCUT2D eigenvalue weighted by Gasteiger charge is -2.31. The van der Waals surface area contributed by atoms with Crippen molar-refractivity contribution in [3.63, 3.8) is 0 Å². The molecule has 0 aliphatic carbocycles. The minimum Gasteiger partial charge on any atom is -0.338 e. The Morgan fingerprint density at radius 2 is 1.81 bits per heavy atom. The number of benzene rings is 2. The Labute approximate surface area is 163 Å². The molecule has 0 saturated carbocycles. The second-order valence-corrected chi connectivity index (χ2v) is 7.36. The highest BCUT2D eigenvalue weighted by atomic mass is 35.5. The number of piperidine rings is 1. The monoisotopic (exact) mass is 388 g/mol. The number of amides is 2. The van der Waals surface area contributed by atoms with Crippen molar-refractivity contribution in [3.8, 4) is 0 Å². The number of anilines is 1. The van der Waals surface area contributed by atoms with E-state index in [1.54, 1.807) is 4.90 Å². The predicted molar refractivity (Wildman–Crippen MR) is 105 cm³/mol. The molecule has 2 aromatic carbocycles. The molecule has 1 aliphatic heterocycles. The number of nitrogens with zero attached hydrogens (tertiary/aromatic N) is 1. The first-order valence-electron chi connectivity index (χ1n) is 8.98. The second kappa shape index (κ2) is 8.09. The van der Waals surface area contributed by atoms with Crippen LogP contribution in [0.2, 0.25) is 5.02 Å². The van der Waals surface area contributed by atoms with Gasteiger partial charge in [0.1, 0.15) is 5.82 Å². The maximum Gasteiger partial charge on any atom is 0.258 e. The van der Waals surface area contributed by atoms with E-state index in [1.807, 2.05) is 32.0 Å². The van der Waals surface area contributed by atoms with Crippen LogP contribution in [0.15, 0.2) is 36.4 Å². The van der Waals surface area contributed by atoms with Crippen molar-refractivity contribution in [2.75, 3.05) is 18.4 Å². The lowest BCUT2D eigenvalue weighted by Crippen LogP contribution is -2.41. The van der Waals surface area contributed by atoms with E-state index in [9.17, 15) is 14.0 Å². The summed E-state index contributed by atoms with van der Waals surface area (Å²) in [5.74, 6) is -1.27. The maximum atomic E-state index is 14.0. The van der Waals surface area contributed by atoms with Crippen molar-refractivity contribution in [3.05, 3.63) is 63.9 Å². The van der Waals surface area contributed by atoms with Gasteiger partial charge < -0.3 is 10.2 Å². The zero-order chi connectivity index (χ0) is 19.6. The maximum absolute atomic E-state index is 14.0. The van der Waals surface area contributed by atoms with Gasteiger partial charge in [-0.3, -0.25) is 9.59 Å². The van der Waals surface area contributed by atoms with Crippen molar-refractivity contribution < 1.29 is 14.0 Å². The Morgan fingerprint density at radius 3 is 2.44 bits per heavy atom. The minimum atomic E-state index is -0.623. The standard InChI is InChI=1S/C21H22ClFN2O2/c1-13-6-7-16(12-14(13)2)24-20(26)15-8-10-25(11-9-15)21(27)19-17(22)4-3-5-18(19)23/h3-7,12,15H,8-11H2,1-2H3,(H,24,26). The highest BCUT2D eigenvalue weighted by Crippen LogP contribution is 2.25. The number of nitrogens with one attached hydrogen (secondary N) is 1. The third kappa shape index (κ3) is 4.30. The van der Waals surface area contributed by atoms with E-state index in [2.05, 4.69) is 5.32 Å². The van der Waals surface area contributed by atoms with E-state index in [1.165, 1.54) is 23.8 Å². The number of aryl methyl sites for hydroxylation is 2. The van der Waals surface area contributed by atoms with Gasteiger partial charge in [0.2, 0.25) is 5.91 Å². The largest absolute Gasteiger partial charge is 0.338 e. The van der Waals surface area contributed by atoms with Gasteiger partial charge in [0, 0.05) is 24.7 Å². The van der Waals surface area contributed by atoms with Crippen molar-refractivity contribution in [1.29, 1.82) is 0 Å². The highest BCUT2D eigenvalue weighted by molar-refractivity contribution is 6.33. The Balaban J connectivity index is 1.60. The molecular weight excluding hydrogens is 367 g/mol. The van der Waals surface area contributed by atoms with E-state index in [-0.39, 0.29) is 22.4 Å². The van der Waals surface area contributed by atoms with Gasteiger partial charge in [-0.15, -0.1) is 0 Å². The molecule has 0 bridgehead atoms. The lowest BCUT2D eigenvalue weighted by atomic mass is 9.95. The summed E-state index contributed by atoms with van der Waals surface area (Å²) in [5, 5.41) is 3.06. The summed E-state index contributed by atoms with van der Waals surface area (Å²) in [4.78, 5) is 26.7. The molecule has 2 aromatic rings. The fourth-order valence-corrected chi connectivity index (χ4v) is 3.51. The van der Waals surface area contributed by atoms with Gasteiger partial charge in [-0.25, -0.2) is 4.39 Å². The van der Waals surface area contributed by atoms with Gasteiger partial charge in [0.15, 0.2) is 0 Å². The molecular formula is C21H22ClFN2O2. The Bertz CT molecular complexity index is 856. The molecule has 0 atom stereocenters. The third-order valence-electron chi connectivity index (χ3n) is 5.10. The first-order valence-corrected chi connectivity index (χ1v) is 9.36. The Kier molecular flexibility index (Phi) is 5.80. The number of likely N-dealkylation sites (tertiary alicyclic amines) is 1. The van der Waals surface area contributed by atoms with Gasteiger partial charge in [-0.2, -0.15) is 0 Å². The number of rotatable bonds is 3. The number of carbonyl (C=O) groups is 2. The molecule has 1 saturated heterocycles. The van der Waals surface area contributed by atoms with E-state index < -0.39 is 11.7 Å². The average Bonchev–Trinajstić information content (AvgIpc) is 2.64. The highest BCUT2D eigenvalue weighted by Gasteiger charge is 2.29. The van der Waals surface area contributed by atoms with Crippen LogP contribution in [0.4, 0.5) is 10.1 Å². The van der Waals surface area contributed by atoms with Crippen molar-refractivity contribution in [2.24, 2.45) is 5.92 Å². The minimum absolute atomic E-state index is 0.0470. The summed E-state index contributed by atoms with van der Waals surface area (Å²) in [5.41, 5.74) is 2.97. The van der Waals surface area contributed by atoms with Crippen LogP contribution in [-0.2, 0) is 4.79 Å². The lowest BCUT2D eigenvalue weighted by molar-refractivity contribution is -0.121. The Morgan fingerprint density at radius 1 is 1.11 bits per heavy atom. The van der Waals surface area contributed by atoms with Crippen molar-refractivity contribution in [1.82, 2.24) is 4.90 Å². The molecule has 27 heavy (non-hydrogen) atoms. The SMILES string of the molecule is Cc1ccc(NC(=O)C2CCN(C(=O)c3c(F)cccc3Cl)CC2)cc1C. The number of carbonyl (C=O) groups excluding carboxylic acids is 2. The Hall–Kier alpha value is -2.40. The van der Waals surface area contributed by atoms with E-state index >= 15 is 0 Å². The van der Waals surface area contributed by atoms with Gasteiger partial charge in [0.25, 0.3) is 5.91 Å². The van der Waals surface area contributed by atoms with E-state index in [0.717, 1.165) is 11.3 Å². The predicted octanol–water partition coefficient (Wildman–Crippen LogP) is 4.59. The number of halogens is 2. The molecule has 0 radical (unpaired) electrons. The molecule has 1 aliphatic rings. The number of hydrogen-bond donors (Lipinski definition) is 1. The second-order valence-electron chi connectivity index (χ2n) is 6.95. The topological polar surface area (TPSA) is 49.4 Å². The normalized spacial score (nSPS) is 14.9. The molecule has 1 heterocycles. The van der Waals surface area contributed by atoms with E-state index in [4.69, 9.17) is 11.6 Å². The quantitative estimate of drug-likeness (QED) is 0.836. The molecule has 2 amide bonds. The summed E-state index contributed by atoms with van der Waals surface area (Å²) < 4.78 is 14.0. The zero-order valence-corrected chi connectivity index (χ0v) is 16.1.